The van der Waals surface area contributed by atoms with Crippen molar-refractivity contribution in [3.63, 3.8) is 0 Å². The second-order valence-corrected chi connectivity index (χ2v) is 5.85. The zero-order chi connectivity index (χ0) is 10.7. The molecule has 86 valence electrons. The summed E-state index contributed by atoms with van der Waals surface area (Å²) in [6.45, 7) is 1.95. The number of rotatable bonds is 3. The number of halogens is 1. The molecule has 1 heterocycles. The molecule has 0 atom stereocenters. The molecule has 0 aromatic carbocycles. The lowest BCUT2D eigenvalue weighted by atomic mass is 9.76. The first kappa shape index (κ1) is 11.4. The zero-order valence-electron chi connectivity index (χ0n) is 9.30. The van der Waals surface area contributed by atoms with E-state index in [1.165, 1.54) is 32.1 Å². The molecule has 0 aromatic rings. The van der Waals surface area contributed by atoms with E-state index in [0.717, 1.165) is 31.3 Å². The monoisotopic (exact) mass is 273 g/mol. The van der Waals surface area contributed by atoms with Crippen molar-refractivity contribution in [3.05, 3.63) is 0 Å². The van der Waals surface area contributed by atoms with Gasteiger partial charge in [-0.3, -0.25) is 4.79 Å². The van der Waals surface area contributed by atoms with Crippen LogP contribution >= 0.6 is 15.9 Å². The fourth-order valence-corrected chi connectivity index (χ4v) is 3.31. The normalized spacial score (nSPS) is 25.1. The minimum absolute atomic E-state index is 0.407. The van der Waals surface area contributed by atoms with Gasteiger partial charge in [0.2, 0.25) is 5.91 Å². The first-order chi connectivity index (χ1) is 7.26. The molecule has 1 spiro atoms. The molecule has 0 bridgehead atoms. The van der Waals surface area contributed by atoms with Crippen LogP contribution in [0, 0.1) is 5.41 Å². The molecule has 2 aliphatic rings. The third-order valence-corrected chi connectivity index (χ3v) is 4.58. The molecule has 0 aromatic heterocycles. The Morgan fingerprint density at radius 3 is 2.60 bits per heavy atom. The van der Waals surface area contributed by atoms with Crippen LogP contribution in [0.15, 0.2) is 0 Å². The van der Waals surface area contributed by atoms with Crippen molar-refractivity contribution in [2.24, 2.45) is 5.41 Å². The van der Waals surface area contributed by atoms with Crippen LogP contribution in [0.1, 0.15) is 44.9 Å². The smallest absolute Gasteiger partial charge is 0.223 e. The molecule has 0 N–H and O–H groups in total. The number of hydrogen-bond donors (Lipinski definition) is 0. The van der Waals surface area contributed by atoms with Crippen LogP contribution in [-0.4, -0.2) is 29.2 Å². The summed E-state index contributed by atoms with van der Waals surface area (Å²) in [5.74, 6) is 0.407. The van der Waals surface area contributed by atoms with Crippen LogP contribution in [0.5, 0.6) is 0 Å². The molecular formula is C12H20BrNO. The molecule has 1 saturated carbocycles. The lowest BCUT2D eigenvalue weighted by molar-refractivity contribution is -0.138. The van der Waals surface area contributed by atoms with Gasteiger partial charge in [0.25, 0.3) is 0 Å². The van der Waals surface area contributed by atoms with Gasteiger partial charge in [0.05, 0.1) is 0 Å². The van der Waals surface area contributed by atoms with Crippen molar-refractivity contribution in [1.29, 1.82) is 0 Å². The van der Waals surface area contributed by atoms with E-state index in [1.807, 2.05) is 0 Å². The number of hydrogen-bond acceptors (Lipinski definition) is 1. The van der Waals surface area contributed by atoms with Gasteiger partial charge in [-0.2, -0.15) is 0 Å². The molecule has 2 fully saturated rings. The number of likely N-dealkylation sites (tertiary alicyclic amines) is 1. The highest BCUT2D eigenvalue weighted by Gasteiger charge is 2.40. The largest absolute Gasteiger partial charge is 0.343 e. The summed E-state index contributed by atoms with van der Waals surface area (Å²) in [6, 6.07) is 0. The van der Waals surface area contributed by atoms with Gasteiger partial charge in [-0.1, -0.05) is 28.8 Å². The molecule has 1 amide bonds. The van der Waals surface area contributed by atoms with E-state index in [2.05, 4.69) is 20.8 Å². The van der Waals surface area contributed by atoms with Gasteiger partial charge >= 0.3 is 0 Å². The van der Waals surface area contributed by atoms with Crippen molar-refractivity contribution < 1.29 is 4.79 Å². The first-order valence-corrected chi connectivity index (χ1v) is 7.22. The summed E-state index contributed by atoms with van der Waals surface area (Å²) in [4.78, 5) is 14.0. The highest BCUT2D eigenvalue weighted by molar-refractivity contribution is 9.09. The van der Waals surface area contributed by atoms with E-state index >= 15 is 0 Å². The Balaban J connectivity index is 1.88. The molecule has 3 heteroatoms. The molecule has 1 aliphatic carbocycles. The van der Waals surface area contributed by atoms with Gasteiger partial charge in [-0.15, -0.1) is 0 Å². The van der Waals surface area contributed by atoms with Crippen LogP contribution < -0.4 is 0 Å². The van der Waals surface area contributed by atoms with Crippen molar-refractivity contribution in [2.75, 3.05) is 18.4 Å². The molecule has 1 saturated heterocycles. The van der Waals surface area contributed by atoms with Crippen LogP contribution in [0.4, 0.5) is 0 Å². The maximum atomic E-state index is 12.0. The van der Waals surface area contributed by atoms with Gasteiger partial charge < -0.3 is 4.90 Å². The summed E-state index contributed by atoms with van der Waals surface area (Å²) in [5.41, 5.74) is 0.419. The number of carbonyl (C=O) groups excluding carboxylic acids is 1. The number of piperidine rings is 1. The maximum Gasteiger partial charge on any atom is 0.223 e. The van der Waals surface area contributed by atoms with Gasteiger partial charge in [0, 0.05) is 24.8 Å². The number of amides is 1. The Morgan fingerprint density at radius 1 is 1.27 bits per heavy atom. The Kier molecular flexibility index (Phi) is 3.70. The van der Waals surface area contributed by atoms with Gasteiger partial charge in [-0.05, 0) is 31.1 Å². The highest BCUT2D eigenvalue weighted by atomic mass is 79.9. The second-order valence-electron chi connectivity index (χ2n) is 5.06. The van der Waals surface area contributed by atoms with Gasteiger partial charge in [0.15, 0.2) is 0 Å². The second kappa shape index (κ2) is 4.86. The third-order valence-electron chi connectivity index (χ3n) is 4.02. The summed E-state index contributed by atoms with van der Waals surface area (Å²) in [6.07, 6.45) is 8.44. The molecule has 1 aliphatic heterocycles. The highest BCUT2D eigenvalue weighted by Crippen LogP contribution is 2.46. The van der Waals surface area contributed by atoms with Crippen molar-refractivity contribution in [1.82, 2.24) is 4.90 Å². The topological polar surface area (TPSA) is 20.3 Å². The average Bonchev–Trinajstić information content (AvgIpc) is 2.66. The minimum Gasteiger partial charge on any atom is -0.343 e. The molecule has 2 nitrogen and oxygen atoms in total. The van der Waals surface area contributed by atoms with E-state index in [9.17, 15) is 4.79 Å². The molecule has 0 unspecified atom stereocenters. The Morgan fingerprint density at radius 2 is 2.00 bits per heavy atom. The first-order valence-electron chi connectivity index (χ1n) is 6.10. The van der Waals surface area contributed by atoms with E-state index in [4.69, 9.17) is 0 Å². The molecular weight excluding hydrogens is 254 g/mol. The van der Waals surface area contributed by atoms with Crippen LogP contribution in [-0.2, 0) is 4.79 Å². The molecule has 0 radical (unpaired) electrons. The SMILES string of the molecule is O=C1CC2(CCCC2)CCN1CCCBr. The van der Waals surface area contributed by atoms with E-state index < -0.39 is 0 Å². The van der Waals surface area contributed by atoms with Crippen LogP contribution in [0.3, 0.4) is 0 Å². The van der Waals surface area contributed by atoms with E-state index in [1.54, 1.807) is 0 Å². The zero-order valence-corrected chi connectivity index (χ0v) is 10.9. The lowest BCUT2D eigenvalue weighted by Crippen LogP contribution is -2.43. The number of alkyl halides is 1. The fourth-order valence-electron chi connectivity index (χ4n) is 3.06. The fraction of sp³-hybridized carbons (Fsp3) is 0.917. The number of nitrogens with zero attached hydrogens (tertiary/aromatic N) is 1. The maximum absolute atomic E-state index is 12.0. The van der Waals surface area contributed by atoms with Crippen molar-refractivity contribution in [2.45, 2.75) is 44.9 Å². The Hall–Kier alpha value is -0.0500. The van der Waals surface area contributed by atoms with E-state index in [0.29, 0.717) is 11.3 Å². The van der Waals surface area contributed by atoms with Crippen LogP contribution in [0.25, 0.3) is 0 Å². The quantitative estimate of drug-likeness (QED) is 0.724. The molecule has 15 heavy (non-hydrogen) atoms. The predicted octanol–water partition coefficient (Wildman–Crippen LogP) is 2.95. The summed E-state index contributed by atoms with van der Waals surface area (Å²) >= 11 is 3.42. The van der Waals surface area contributed by atoms with Crippen LogP contribution in [0.2, 0.25) is 0 Å². The molecule has 2 rings (SSSR count). The standard InChI is InChI=1S/C12H20BrNO/c13-7-3-8-14-9-6-12(10-11(14)15)4-1-2-5-12/h1-10H2. The summed E-state index contributed by atoms with van der Waals surface area (Å²) < 4.78 is 0. The minimum atomic E-state index is 0.407. The Labute approximate surface area is 101 Å². The van der Waals surface area contributed by atoms with E-state index in [-0.39, 0.29) is 0 Å². The lowest BCUT2D eigenvalue weighted by Gasteiger charge is -2.38. The summed E-state index contributed by atoms with van der Waals surface area (Å²) in [7, 11) is 0. The number of carbonyl (C=O) groups is 1. The summed E-state index contributed by atoms with van der Waals surface area (Å²) in [5, 5.41) is 1.00. The Bertz CT molecular complexity index is 236. The van der Waals surface area contributed by atoms with Gasteiger partial charge in [0.1, 0.15) is 0 Å². The van der Waals surface area contributed by atoms with Crippen molar-refractivity contribution in [3.8, 4) is 0 Å². The van der Waals surface area contributed by atoms with Gasteiger partial charge in [-0.25, -0.2) is 0 Å². The third kappa shape index (κ3) is 2.55. The average molecular weight is 274 g/mol. The predicted molar refractivity (Wildman–Crippen MR) is 65.1 cm³/mol. The van der Waals surface area contributed by atoms with Crippen molar-refractivity contribution >= 4 is 21.8 Å².